The Morgan fingerprint density at radius 1 is 1.21 bits per heavy atom. The molecule has 1 aromatic carbocycles. The molecule has 3 amide bonds. The van der Waals surface area contributed by atoms with Crippen molar-refractivity contribution in [3.05, 3.63) is 35.4 Å². The smallest absolute Gasteiger partial charge is 0.339 e. The molecule has 0 heterocycles. The Morgan fingerprint density at radius 3 is 2.21 bits per heavy atom. The molecule has 8 heteroatoms. The second-order valence-electron chi connectivity index (χ2n) is 3.56. The van der Waals surface area contributed by atoms with Crippen LogP contribution in [0.5, 0.6) is 0 Å². The van der Waals surface area contributed by atoms with E-state index >= 15 is 0 Å². The molecule has 0 spiro atoms. The molecule has 1 unspecified atom stereocenters. The average Bonchev–Trinajstić information content (AvgIpc) is 2.26. The largest absolute Gasteiger partial charge is 0.449 e. The molecule has 1 aromatic rings. The third kappa shape index (κ3) is 4.34. The fourth-order valence-electron chi connectivity index (χ4n) is 1.18. The molecule has 19 heavy (non-hydrogen) atoms. The molecule has 0 aliphatic carbocycles. The summed E-state index contributed by atoms with van der Waals surface area (Å²) in [7, 11) is 0. The Hall–Kier alpha value is -2.51. The Bertz CT molecular complexity index is 513. The van der Waals surface area contributed by atoms with Crippen LogP contribution < -0.4 is 11.1 Å². The van der Waals surface area contributed by atoms with Gasteiger partial charge in [0.25, 0.3) is 5.91 Å². The number of hydrogen-bond acceptors (Lipinski definition) is 4. The number of hydrogen-bond donors (Lipinski definition) is 2. The lowest BCUT2D eigenvalue weighted by atomic mass is 10.2. The third-order valence-electron chi connectivity index (χ3n) is 2.00. The lowest BCUT2D eigenvalue weighted by Crippen LogP contribution is -2.42. The van der Waals surface area contributed by atoms with Crippen LogP contribution >= 0.6 is 0 Å². The lowest BCUT2D eigenvalue weighted by molar-refractivity contribution is -0.127. The first kappa shape index (κ1) is 14.6. The van der Waals surface area contributed by atoms with Gasteiger partial charge in [-0.3, -0.25) is 10.1 Å². The number of imide groups is 1. The van der Waals surface area contributed by atoms with Crippen LogP contribution in [-0.4, -0.2) is 24.0 Å². The van der Waals surface area contributed by atoms with Crippen LogP contribution in [0.4, 0.5) is 13.6 Å². The Kier molecular flexibility index (Phi) is 4.51. The highest BCUT2D eigenvalue weighted by atomic mass is 19.1. The summed E-state index contributed by atoms with van der Waals surface area (Å²) in [6.07, 6.45) is -1.34. The van der Waals surface area contributed by atoms with Gasteiger partial charge in [0.15, 0.2) is 6.10 Å². The van der Waals surface area contributed by atoms with Crippen molar-refractivity contribution in [2.24, 2.45) is 5.73 Å². The molecular formula is C11H10F2N2O4. The van der Waals surface area contributed by atoms with Crippen molar-refractivity contribution < 1.29 is 27.9 Å². The molecule has 3 N–H and O–H groups in total. The standard InChI is InChI=1S/C11H10F2N2O4/c1-5(9(16)15-11(14)18)19-10(17)6-2-7(12)4-8(13)3-6/h2-5H,1H3,(H3,14,15,16,18). The van der Waals surface area contributed by atoms with Crippen molar-refractivity contribution in [2.75, 3.05) is 0 Å². The van der Waals surface area contributed by atoms with Crippen molar-refractivity contribution in [1.29, 1.82) is 0 Å². The second-order valence-corrected chi connectivity index (χ2v) is 3.56. The molecule has 0 bridgehead atoms. The predicted molar refractivity (Wildman–Crippen MR) is 59.0 cm³/mol. The zero-order valence-corrected chi connectivity index (χ0v) is 9.78. The minimum absolute atomic E-state index is 0.392. The van der Waals surface area contributed by atoms with Crippen molar-refractivity contribution >= 4 is 17.9 Å². The third-order valence-corrected chi connectivity index (χ3v) is 2.00. The minimum atomic E-state index is -1.34. The first-order valence-electron chi connectivity index (χ1n) is 5.07. The second kappa shape index (κ2) is 5.89. The number of urea groups is 1. The summed E-state index contributed by atoms with van der Waals surface area (Å²) in [6, 6.07) is 0.985. The first-order chi connectivity index (χ1) is 8.79. The van der Waals surface area contributed by atoms with E-state index in [1.807, 2.05) is 0 Å². The zero-order valence-electron chi connectivity index (χ0n) is 9.78. The summed E-state index contributed by atoms with van der Waals surface area (Å²) in [5, 5.41) is 1.70. The number of ether oxygens (including phenoxy) is 1. The molecule has 0 radical (unpaired) electrons. The monoisotopic (exact) mass is 272 g/mol. The van der Waals surface area contributed by atoms with E-state index in [-0.39, 0.29) is 0 Å². The Morgan fingerprint density at radius 2 is 1.74 bits per heavy atom. The SMILES string of the molecule is CC(OC(=O)c1cc(F)cc(F)c1)C(=O)NC(N)=O. The van der Waals surface area contributed by atoms with Gasteiger partial charge in [0, 0.05) is 6.07 Å². The van der Waals surface area contributed by atoms with Crippen LogP contribution in [0.25, 0.3) is 0 Å². The molecule has 0 aliphatic heterocycles. The molecule has 0 saturated carbocycles. The number of carbonyl (C=O) groups excluding carboxylic acids is 3. The van der Waals surface area contributed by atoms with E-state index in [4.69, 9.17) is 5.73 Å². The topological polar surface area (TPSA) is 98.5 Å². The number of carbonyl (C=O) groups is 3. The summed E-state index contributed by atoms with van der Waals surface area (Å²) >= 11 is 0. The van der Waals surface area contributed by atoms with E-state index in [9.17, 15) is 23.2 Å². The maximum Gasteiger partial charge on any atom is 0.339 e. The van der Waals surface area contributed by atoms with Gasteiger partial charge in [-0.05, 0) is 19.1 Å². The quantitative estimate of drug-likeness (QED) is 0.791. The lowest BCUT2D eigenvalue weighted by Gasteiger charge is -2.11. The van der Waals surface area contributed by atoms with E-state index in [0.717, 1.165) is 12.1 Å². The van der Waals surface area contributed by atoms with Crippen molar-refractivity contribution in [3.8, 4) is 0 Å². The Labute approximate surface area is 106 Å². The van der Waals surface area contributed by atoms with Crippen LogP contribution in [-0.2, 0) is 9.53 Å². The molecule has 1 atom stereocenters. The fourth-order valence-corrected chi connectivity index (χ4v) is 1.18. The van der Waals surface area contributed by atoms with Gasteiger partial charge in [0.2, 0.25) is 0 Å². The number of amides is 3. The van der Waals surface area contributed by atoms with E-state index in [1.165, 1.54) is 6.92 Å². The van der Waals surface area contributed by atoms with Crippen LogP contribution in [0.2, 0.25) is 0 Å². The van der Waals surface area contributed by atoms with Crippen molar-refractivity contribution in [3.63, 3.8) is 0 Å². The van der Waals surface area contributed by atoms with Crippen LogP contribution in [0.1, 0.15) is 17.3 Å². The predicted octanol–water partition coefficient (Wildman–Crippen LogP) is 0.705. The van der Waals surface area contributed by atoms with Gasteiger partial charge in [-0.25, -0.2) is 18.4 Å². The number of nitrogens with two attached hydrogens (primary N) is 1. The number of nitrogens with one attached hydrogen (secondary N) is 1. The number of primary amides is 1. The highest BCUT2D eigenvalue weighted by Crippen LogP contribution is 2.10. The summed E-state index contributed by atoms with van der Waals surface area (Å²) in [5.41, 5.74) is 4.31. The Balaban J connectivity index is 2.74. The van der Waals surface area contributed by atoms with Gasteiger partial charge in [0.05, 0.1) is 5.56 Å². The highest BCUT2D eigenvalue weighted by Gasteiger charge is 2.20. The van der Waals surface area contributed by atoms with Gasteiger partial charge in [-0.15, -0.1) is 0 Å². The molecule has 0 fully saturated rings. The minimum Gasteiger partial charge on any atom is -0.449 e. The highest BCUT2D eigenvalue weighted by molar-refractivity contribution is 5.98. The van der Waals surface area contributed by atoms with Gasteiger partial charge in [-0.2, -0.15) is 0 Å². The number of benzene rings is 1. The van der Waals surface area contributed by atoms with Gasteiger partial charge >= 0.3 is 12.0 Å². The van der Waals surface area contributed by atoms with E-state index < -0.39 is 41.2 Å². The normalized spacial score (nSPS) is 11.5. The van der Waals surface area contributed by atoms with Gasteiger partial charge < -0.3 is 10.5 Å². The molecule has 102 valence electrons. The van der Waals surface area contributed by atoms with Gasteiger partial charge in [-0.1, -0.05) is 0 Å². The van der Waals surface area contributed by atoms with Crippen LogP contribution in [0.15, 0.2) is 18.2 Å². The van der Waals surface area contributed by atoms with Crippen molar-refractivity contribution in [1.82, 2.24) is 5.32 Å². The molecule has 0 aromatic heterocycles. The van der Waals surface area contributed by atoms with Crippen LogP contribution in [0, 0.1) is 11.6 Å². The van der Waals surface area contributed by atoms with E-state index in [0.29, 0.717) is 6.07 Å². The zero-order chi connectivity index (χ0) is 14.6. The fraction of sp³-hybridized carbons (Fsp3) is 0.182. The van der Waals surface area contributed by atoms with Crippen molar-refractivity contribution in [2.45, 2.75) is 13.0 Å². The average molecular weight is 272 g/mol. The first-order valence-corrected chi connectivity index (χ1v) is 5.07. The molecule has 0 aliphatic rings. The van der Waals surface area contributed by atoms with Gasteiger partial charge in [0.1, 0.15) is 11.6 Å². The maximum absolute atomic E-state index is 12.9. The van der Waals surface area contributed by atoms with E-state index in [2.05, 4.69) is 4.74 Å². The summed E-state index contributed by atoms with van der Waals surface area (Å²) in [4.78, 5) is 33.1. The number of esters is 1. The molecule has 6 nitrogen and oxygen atoms in total. The number of halogens is 2. The molecule has 1 rings (SSSR count). The summed E-state index contributed by atoms with van der Waals surface area (Å²) < 4.78 is 30.4. The summed E-state index contributed by atoms with van der Waals surface area (Å²) in [6.45, 7) is 1.17. The molecule has 0 saturated heterocycles. The summed E-state index contributed by atoms with van der Waals surface area (Å²) in [5.74, 6) is -3.97. The van der Waals surface area contributed by atoms with Crippen LogP contribution in [0.3, 0.4) is 0 Å². The molecular weight excluding hydrogens is 262 g/mol. The van der Waals surface area contributed by atoms with E-state index in [1.54, 1.807) is 5.32 Å². The number of rotatable bonds is 3. The maximum atomic E-state index is 12.9.